The number of rotatable bonds is 10. The molecular weight excluding hydrogens is 232 g/mol. The molecule has 0 aliphatic heterocycles. The van der Waals surface area contributed by atoms with Gasteiger partial charge in [-0.15, -0.1) is 0 Å². The predicted molar refractivity (Wildman–Crippen MR) is 72.6 cm³/mol. The number of likely N-dealkylation sites (N-methyl/N-ethyl adjacent to an activating group) is 1. The summed E-state index contributed by atoms with van der Waals surface area (Å²) in [5.74, 6) is 0.550. The third kappa shape index (κ3) is 9.39. The first-order valence-corrected chi connectivity index (χ1v) is 6.47. The molecule has 0 aromatic rings. The zero-order valence-electron chi connectivity index (χ0n) is 12.4. The summed E-state index contributed by atoms with van der Waals surface area (Å²) in [6, 6.07) is 0.368. The van der Waals surface area contributed by atoms with E-state index in [1.807, 2.05) is 14.1 Å². The van der Waals surface area contributed by atoms with Crippen molar-refractivity contribution in [2.45, 2.75) is 26.3 Å². The van der Waals surface area contributed by atoms with E-state index in [0.717, 1.165) is 6.42 Å². The number of carbonyl (C=O) groups excluding carboxylic acids is 1. The van der Waals surface area contributed by atoms with Gasteiger partial charge in [-0.25, -0.2) is 0 Å². The van der Waals surface area contributed by atoms with Crippen molar-refractivity contribution in [2.24, 2.45) is 5.92 Å². The van der Waals surface area contributed by atoms with E-state index in [1.54, 1.807) is 7.11 Å². The molecule has 108 valence electrons. The first-order chi connectivity index (χ1) is 8.47. The average molecular weight is 260 g/mol. The Morgan fingerprint density at radius 3 is 2.44 bits per heavy atom. The van der Waals surface area contributed by atoms with Crippen molar-refractivity contribution in [3.05, 3.63) is 0 Å². The molecule has 0 radical (unpaired) electrons. The highest BCUT2D eigenvalue weighted by Crippen LogP contribution is 2.07. The molecule has 0 saturated heterocycles. The Bertz CT molecular complexity index is 220. The maximum Gasteiger partial charge on any atom is 0.246 e. The molecule has 1 atom stereocenters. The van der Waals surface area contributed by atoms with Crippen molar-refractivity contribution in [2.75, 3.05) is 47.6 Å². The number of nitrogens with zero attached hydrogens (tertiary/aromatic N) is 1. The van der Waals surface area contributed by atoms with Gasteiger partial charge in [-0.1, -0.05) is 13.8 Å². The number of ether oxygens (including phenoxy) is 2. The lowest BCUT2D eigenvalue weighted by Gasteiger charge is -2.26. The Kier molecular flexibility index (Phi) is 9.92. The van der Waals surface area contributed by atoms with Crippen molar-refractivity contribution in [1.29, 1.82) is 0 Å². The molecule has 0 aromatic carbocycles. The Morgan fingerprint density at radius 2 is 1.94 bits per heavy atom. The first-order valence-electron chi connectivity index (χ1n) is 6.47. The number of methoxy groups -OCH3 is 1. The molecule has 18 heavy (non-hydrogen) atoms. The van der Waals surface area contributed by atoms with Crippen LogP contribution in [0.4, 0.5) is 0 Å². The van der Waals surface area contributed by atoms with Gasteiger partial charge in [-0.3, -0.25) is 4.79 Å². The maximum absolute atomic E-state index is 11.5. The van der Waals surface area contributed by atoms with Gasteiger partial charge in [0.05, 0.1) is 13.2 Å². The van der Waals surface area contributed by atoms with Crippen LogP contribution in [0.3, 0.4) is 0 Å². The van der Waals surface area contributed by atoms with E-state index in [-0.39, 0.29) is 12.5 Å². The summed E-state index contributed by atoms with van der Waals surface area (Å²) < 4.78 is 9.99. The minimum absolute atomic E-state index is 0.0679. The molecule has 0 aromatic heterocycles. The first kappa shape index (κ1) is 17.4. The largest absolute Gasteiger partial charge is 0.382 e. The molecular formula is C13H28N2O3. The fourth-order valence-electron chi connectivity index (χ4n) is 1.61. The van der Waals surface area contributed by atoms with Crippen molar-refractivity contribution in [1.82, 2.24) is 10.2 Å². The second-order valence-corrected chi connectivity index (χ2v) is 5.10. The molecule has 1 unspecified atom stereocenters. The molecule has 0 fully saturated rings. The lowest BCUT2D eigenvalue weighted by atomic mass is 10.0. The van der Waals surface area contributed by atoms with E-state index in [2.05, 4.69) is 24.1 Å². The zero-order chi connectivity index (χ0) is 14.0. The van der Waals surface area contributed by atoms with Gasteiger partial charge in [0.15, 0.2) is 0 Å². The second kappa shape index (κ2) is 10.3. The lowest BCUT2D eigenvalue weighted by Crippen LogP contribution is -2.42. The number of hydrogen-bond donors (Lipinski definition) is 1. The Balaban J connectivity index is 3.78. The second-order valence-electron chi connectivity index (χ2n) is 5.10. The van der Waals surface area contributed by atoms with E-state index in [0.29, 0.717) is 31.7 Å². The fraction of sp³-hybridized carbons (Fsp3) is 0.923. The SMILES string of the molecule is COCCOCC(=O)NCC(CC(C)C)N(C)C. The Labute approximate surface area is 111 Å². The summed E-state index contributed by atoms with van der Waals surface area (Å²) in [6.07, 6.45) is 1.07. The molecule has 5 nitrogen and oxygen atoms in total. The van der Waals surface area contributed by atoms with Crippen molar-refractivity contribution < 1.29 is 14.3 Å². The number of nitrogens with one attached hydrogen (secondary N) is 1. The van der Waals surface area contributed by atoms with Crippen LogP contribution in [-0.2, 0) is 14.3 Å². The van der Waals surface area contributed by atoms with Crippen molar-refractivity contribution in [3.63, 3.8) is 0 Å². The Hall–Kier alpha value is -0.650. The number of carbonyl (C=O) groups is 1. The van der Waals surface area contributed by atoms with E-state index >= 15 is 0 Å². The molecule has 0 spiro atoms. The Morgan fingerprint density at radius 1 is 1.28 bits per heavy atom. The van der Waals surface area contributed by atoms with Crippen LogP contribution in [0.25, 0.3) is 0 Å². The lowest BCUT2D eigenvalue weighted by molar-refractivity contribution is -0.126. The van der Waals surface area contributed by atoms with E-state index < -0.39 is 0 Å². The quantitative estimate of drug-likeness (QED) is 0.589. The summed E-state index contributed by atoms with van der Waals surface area (Å²) in [5, 5.41) is 2.90. The van der Waals surface area contributed by atoms with Crippen LogP contribution < -0.4 is 5.32 Å². The fourth-order valence-corrected chi connectivity index (χ4v) is 1.61. The van der Waals surface area contributed by atoms with Crippen LogP contribution in [0.5, 0.6) is 0 Å². The molecule has 0 heterocycles. The van der Waals surface area contributed by atoms with Gasteiger partial charge in [-0.05, 0) is 26.4 Å². The smallest absolute Gasteiger partial charge is 0.246 e. The molecule has 0 rings (SSSR count). The highest BCUT2D eigenvalue weighted by Gasteiger charge is 2.14. The van der Waals surface area contributed by atoms with Gasteiger partial charge < -0.3 is 19.7 Å². The third-order valence-electron chi connectivity index (χ3n) is 2.67. The molecule has 0 aliphatic carbocycles. The van der Waals surface area contributed by atoms with Crippen LogP contribution in [0.1, 0.15) is 20.3 Å². The van der Waals surface area contributed by atoms with E-state index in [9.17, 15) is 4.79 Å². The van der Waals surface area contributed by atoms with Gasteiger partial charge >= 0.3 is 0 Å². The monoisotopic (exact) mass is 260 g/mol. The third-order valence-corrected chi connectivity index (χ3v) is 2.67. The molecule has 0 bridgehead atoms. The minimum Gasteiger partial charge on any atom is -0.382 e. The highest BCUT2D eigenvalue weighted by molar-refractivity contribution is 5.77. The molecule has 5 heteroatoms. The topological polar surface area (TPSA) is 50.8 Å². The van der Waals surface area contributed by atoms with Crippen LogP contribution in [0.15, 0.2) is 0 Å². The van der Waals surface area contributed by atoms with E-state index in [4.69, 9.17) is 9.47 Å². The van der Waals surface area contributed by atoms with Crippen LogP contribution in [0, 0.1) is 5.92 Å². The highest BCUT2D eigenvalue weighted by atomic mass is 16.5. The molecule has 1 amide bonds. The molecule has 0 saturated carbocycles. The summed E-state index contributed by atoms with van der Waals surface area (Å²) in [6.45, 7) is 6.11. The molecule has 1 N–H and O–H groups in total. The average Bonchev–Trinajstić information content (AvgIpc) is 2.29. The number of hydrogen-bond acceptors (Lipinski definition) is 4. The summed E-state index contributed by atoms with van der Waals surface area (Å²) >= 11 is 0. The van der Waals surface area contributed by atoms with Crippen molar-refractivity contribution in [3.8, 4) is 0 Å². The zero-order valence-corrected chi connectivity index (χ0v) is 12.4. The molecule has 0 aliphatic rings. The van der Waals surface area contributed by atoms with Gasteiger partial charge in [0.1, 0.15) is 6.61 Å². The standard InChI is InChI=1S/C13H28N2O3/c1-11(2)8-12(15(3)4)9-14-13(16)10-18-7-6-17-5/h11-12H,6-10H2,1-5H3,(H,14,16). The van der Waals surface area contributed by atoms with Crippen LogP contribution in [-0.4, -0.2) is 64.4 Å². The van der Waals surface area contributed by atoms with Gasteiger partial charge in [0.2, 0.25) is 5.91 Å². The van der Waals surface area contributed by atoms with E-state index in [1.165, 1.54) is 0 Å². The minimum atomic E-state index is -0.0679. The van der Waals surface area contributed by atoms with Gasteiger partial charge in [-0.2, -0.15) is 0 Å². The maximum atomic E-state index is 11.5. The van der Waals surface area contributed by atoms with Crippen molar-refractivity contribution >= 4 is 5.91 Å². The van der Waals surface area contributed by atoms with Gasteiger partial charge in [0, 0.05) is 19.7 Å². The summed E-state index contributed by atoms with van der Waals surface area (Å²) in [4.78, 5) is 13.7. The summed E-state index contributed by atoms with van der Waals surface area (Å²) in [7, 11) is 5.68. The number of amides is 1. The normalized spacial score (nSPS) is 13.1. The van der Waals surface area contributed by atoms with Gasteiger partial charge in [0.25, 0.3) is 0 Å². The summed E-state index contributed by atoms with van der Waals surface area (Å²) in [5.41, 5.74) is 0. The predicted octanol–water partition coefficient (Wildman–Crippen LogP) is 0.742. The van der Waals surface area contributed by atoms with Crippen LogP contribution >= 0.6 is 0 Å². The van der Waals surface area contributed by atoms with Crippen LogP contribution in [0.2, 0.25) is 0 Å².